The average molecular weight is 811 g/mol. The molecule has 0 aromatic rings. The van der Waals surface area contributed by atoms with Gasteiger partial charge in [-0.2, -0.15) is 0 Å². The molecule has 0 aliphatic rings. The van der Waals surface area contributed by atoms with Gasteiger partial charge in [-0.15, -0.1) is 0 Å². The quantitative estimate of drug-likeness (QED) is 0.0239. The number of carbonyl (C=O) groups excluding carboxylic acids is 1. The summed E-state index contributed by atoms with van der Waals surface area (Å²) in [7, 11) is -4.53. The Morgan fingerprint density at radius 3 is 1.54 bits per heavy atom. The first-order valence-corrected chi connectivity index (χ1v) is 23.8. The molecule has 326 valence electrons. The highest BCUT2D eigenvalue weighted by Crippen LogP contribution is 2.43. The van der Waals surface area contributed by atoms with Crippen LogP contribution in [-0.2, 0) is 27.9 Å². The first-order valence-electron chi connectivity index (χ1n) is 22.3. The summed E-state index contributed by atoms with van der Waals surface area (Å²) in [6, 6.07) is 0. The zero-order valence-corrected chi connectivity index (χ0v) is 36.5. The van der Waals surface area contributed by atoms with Gasteiger partial charge in [0, 0.05) is 13.0 Å². The predicted octanol–water partition coefficient (Wildman–Crippen LogP) is 12.4. The fourth-order valence-corrected chi connectivity index (χ4v) is 6.64. The van der Waals surface area contributed by atoms with Crippen LogP contribution in [-0.4, -0.2) is 66.3 Å². The van der Waals surface area contributed by atoms with Crippen LogP contribution in [0.15, 0.2) is 60.8 Å². The van der Waals surface area contributed by atoms with E-state index in [2.05, 4.69) is 74.6 Å². The summed E-state index contributed by atoms with van der Waals surface area (Å²) in [5, 5.41) is 18.4. The number of esters is 1. The Balaban J connectivity index is 4.21. The summed E-state index contributed by atoms with van der Waals surface area (Å²) in [6.45, 7) is 3.35. The predicted molar refractivity (Wildman–Crippen MR) is 233 cm³/mol. The van der Waals surface area contributed by atoms with Gasteiger partial charge in [0.1, 0.15) is 12.2 Å². The standard InChI is InChI=1S/C46H83O9P/c1-3-5-7-9-11-13-15-17-19-20-21-22-23-25-27-29-31-33-35-37-39-52-42-45(43-54-56(50,51)53-41-44(48)40-47)55-46(49)38-36-34-32-30-28-26-24-18-16-14-12-10-8-6-4-2/h5,7,11,13,17,19,21-22,25,27,44-45,47-48H,3-4,6,8-10,12,14-16,18,20,23-24,26,28-43H2,1-2H3,(H,50,51)/b7-5-,13-11-,19-17-,22-21-,27-25-. The summed E-state index contributed by atoms with van der Waals surface area (Å²) in [5.74, 6) is -0.392. The zero-order chi connectivity index (χ0) is 41.1. The van der Waals surface area contributed by atoms with Gasteiger partial charge in [-0.1, -0.05) is 177 Å². The van der Waals surface area contributed by atoms with Gasteiger partial charge in [-0.3, -0.25) is 13.8 Å². The number of allylic oxidation sites excluding steroid dienone is 10. The van der Waals surface area contributed by atoms with E-state index in [1.54, 1.807) is 0 Å². The first kappa shape index (κ1) is 54.2. The van der Waals surface area contributed by atoms with E-state index in [4.69, 9.17) is 23.6 Å². The number of carbonyl (C=O) groups is 1. The minimum Gasteiger partial charge on any atom is -0.457 e. The maximum atomic E-state index is 12.6. The number of hydrogen-bond acceptors (Lipinski definition) is 8. The van der Waals surface area contributed by atoms with Crippen LogP contribution in [0.25, 0.3) is 0 Å². The third kappa shape index (κ3) is 41.8. The van der Waals surface area contributed by atoms with E-state index in [1.807, 2.05) is 0 Å². The number of phosphoric acid groups is 1. The monoisotopic (exact) mass is 811 g/mol. The fourth-order valence-electron chi connectivity index (χ4n) is 5.85. The smallest absolute Gasteiger partial charge is 0.457 e. The Morgan fingerprint density at radius 1 is 0.571 bits per heavy atom. The second kappa shape index (κ2) is 42.8. The number of aliphatic hydroxyl groups is 2. The molecule has 0 aromatic carbocycles. The lowest BCUT2D eigenvalue weighted by molar-refractivity contribution is -0.154. The molecule has 56 heavy (non-hydrogen) atoms. The molecule has 0 rings (SSSR count). The molecule has 0 spiro atoms. The summed E-state index contributed by atoms with van der Waals surface area (Å²) in [6.07, 6.45) is 48.9. The van der Waals surface area contributed by atoms with Crippen LogP contribution in [0.2, 0.25) is 0 Å². The van der Waals surface area contributed by atoms with Gasteiger partial charge in [0.05, 0.1) is 26.4 Å². The number of rotatable bonds is 42. The number of phosphoric ester groups is 1. The molecule has 0 aliphatic heterocycles. The number of ether oxygens (including phenoxy) is 2. The summed E-state index contributed by atoms with van der Waals surface area (Å²) in [4.78, 5) is 22.6. The van der Waals surface area contributed by atoms with E-state index in [-0.39, 0.29) is 19.6 Å². The lowest BCUT2D eigenvalue weighted by Crippen LogP contribution is -2.29. The van der Waals surface area contributed by atoms with Gasteiger partial charge in [0.2, 0.25) is 0 Å². The molecule has 0 heterocycles. The molecule has 0 bridgehead atoms. The molecule has 10 heteroatoms. The molecular weight excluding hydrogens is 727 g/mol. The van der Waals surface area contributed by atoms with Gasteiger partial charge in [0.15, 0.2) is 0 Å². The molecule has 0 saturated carbocycles. The highest BCUT2D eigenvalue weighted by Gasteiger charge is 2.26. The maximum Gasteiger partial charge on any atom is 0.472 e. The summed E-state index contributed by atoms with van der Waals surface area (Å²) in [5.41, 5.74) is 0. The van der Waals surface area contributed by atoms with Crippen molar-refractivity contribution in [3.05, 3.63) is 60.8 Å². The Morgan fingerprint density at radius 2 is 1.02 bits per heavy atom. The highest BCUT2D eigenvalue weighted by molar-refractivity contribution is 7.47. The van der Waals surface area contributed by atoms with Crippen LogP contribution in [0.3, 0.4) is 0 Å². The van der Waals surface area contributed by atoms with E-state index in [1.165, 1.54) is 77.0 Å². The van der Waals surface area contributed by atoms with Crippen LogP contribution in [0.4, 0.5) is 0 Å². The van der Waals surface area contributed by atoms with Gasteiger partial charge >= 0.3 is 13.8 Å². The van der Waals surface area contributed by atoms with Crippen molar-refractivity contribution in [3.8, 4) is 0 Å². The summed E-state index contributed by atoms with van der Waals surface area (Å²) < 4.78 is 33.4. The van der Waals surface area contributed by atoms with Crippen molar-refractivity contribution >= 4 is 13.8 Å². The second-order valence-corrected chi connectivity index (χ2v) is 16.1. The number of unbranched alkanes of at least 4 members (excludes halogenated alkanes) is 18. The van der Waals surface area contributed by atoms with E-state index >= 15 is 0 Å². The van der Waals surface area contributed by atoms with Crippen LogP contribution < -0.4 is 0 Å². The highest BCUT2D eigenvalue weighted by atomic mass is 31.2. The van der Waals surface area contributed by atoms with Crippen molar-refractivity contribution in [2.24, 2.45) is 0 Å². The number of hydrogen-bond donors (Lipinski definition) is 3. The van der Waals surface area contributed by atoms with Crippen LogP contribution in [0.1, 0.15) is 181 Å². The molecule has 9 nitrogen and oxygen atoms in total. The topological polar surface area (TPSA) is 132 Å². The Labute approximate surface area is 342 Å². The van der Waals surface area contributed by atoms with E-state index < -0.39 is 39.2 Å². The molecule has 0 aliphatic carbocycles. The normalized spacial score (nSPS) is 14.6. The number of aliphatic hydroxyl groups excluding tert-OH is 2. The summed E-state index contributed by atoms with van der Waals surface area (Å²) >= 11 is 0. The Hall–Kier alpha value is -1.84. The lowest BCUT2D eigenvalue weighted by atomic mass is 10.0. The largest absolute Gasteiger partial charge is 0.472 e. The maximum absolute atomic E-state index is 12.6. The van der Waals surface area contributed by atoms with Crippen molar-refractivity contribution in [1.82, 2.24) is 0 Å². The van der Waals surface area contributed by atoms with E-state index in [9.17, 15) is 19.4 Å². The van der Waals surface area contributed by atoms with Gasteiger partial charge in [0.25, 0.3) is 0 Å². The molecule has 0 amide bonds. The lowest BCUT2D eigenvalue weighted by Gasteiger charge is -2.20. The van der Waals surface area contributed by atoms with Gasteiger partial charge in [-0.05, 0) is 57.8 Å². The first-order chi connectivity index (χ1) is 27.3. The van der Waals surface area contributed by atoms with Crippen molar-refractivity contribution < 1.29 is 43.0 Å². The van der Waals surface area contributed by atoms with E-state index in [0.717, 1.165) is 83.5 Å². The van der Waals surface area contributed by atoms with E-state index in [0.29, 0.717) is 6.61 Å². The Bertz CT molecular complexity index is 1060. The van der Waals surface area contributed by atoms with Crippen LogP contribution >= 0.6 is 7.82 Å². The van der Waals surface area contributed by atoms with Crippen molar-refractivity contribution in [2.75, 3.05) is 33.0 Å². The Kier molecular flexibility index (Phi) is 41.4. The molecule has 0 radical (unpaired) electrons. The third-order valence-corrected chi connectivity index (χ3v) is 10.2. The molecule has 3 N–H and O–H groups in total. The second-order valence-electron chi connectivity index (χ2n) is 14.7. The molecule has 0 saturated heterocycles. The zero-order valence-electron chi connectivity index (χ0n) is 35.6. The molecule has 0 aromatic heterocycles. The SMILES string of the molecule is CC/C=C\C/C=C\C/C=C\C/C=C\C/C=C\CCCCCCOCC(COP(=O)(O)OCC(O)CO)OC(=O)CCCCCCCCCCCCCCCCC. The minimum atomic E-state index is -4.53. The van der Waals surface area contributed by atoms with Gasteiger partial charge in [-0.25, -0.2) is 4.57 Å². The van der Waals surface area contributed by atoms with Crippen molar-refractivity contribution in [3.63, 3.8) is 0 Å². The molecule has 3 atom stereocenters. The average Bonchev–Trinajstić information content (AvgIpc) is 3.19. The molecule has 0 fully saturated rings. The fraction of sp³-hybridized carbons (Fsp3) is 0.761. The minimum absolute atomic E-state index is 0.0316. The van der Waals surface area contributed by atoms with Crippen LogP contribution in [0.5, 0.6) is 0 Å². The molecular formula is C46H83O9P. The van der Waals surface area contributed by atoms with Crippen molar-refractivity contribution in [2.45, 2.75) is 193 Å². The third-order valence-electron chi connectivity index (χ3n) is 9.22. The molecule has 3 unspecified atom stereocenters. The van der Waals surface area contributed by atoms with Gasteiger partial charge < -0.3 is 24.6 Å². The van der Waals surface area contributed by atoms with Crippen LogP contribution in [0, 0.1) is 0 Å². The van der Waals surface area contributed by atoms with Crippen molar-refractivity contribution in [1.29, 1.82) is 0 Å².